The molecule has 34 heavy (non-hydrogen) atoms. The minimum Gasteiger partial charge on any atom is -0.481 e. The van der Waals surface area contributed by atoms with Crippen LogP contribution in [0, 0.1) is 0 Å². The summed E-state index contributed by atoms with van der Waals surface area (Å²) in [6, 6.07) is 15.5. The van der Waals surface area contributed by atoms with Gasteiger partial charge < -0.3 is 25.0 Å². The lowest BCUT2D eigenvalue weighted by molar-refractivity contribution is -0.137. The summed E-state index contributed by atoms with van der Waals surface area (Å²) in [4.78, 5) is 39.7. The predicted molar refractivity (Wildman–Crippen MR) is 130 cm³/mol. The van der Waals surface area contributed by atoms with Crippen LogP contribution < -0.4 is 5.32 Å². The first-order valence-electron chi connectivity index (χ1n) is 11.5. The van der Waals surface area contributed by atoms with E-state index in [9.17, 15) is 14.4 Å². The minimum absolute atomic E-state index is 0.0574. The molecule has 1 aliphatic rings. The SMILES string of the molecule is CN(C)C[C@H](NC(=O)OCC1c2ccccc2-c2ccccc21)C(=O)N(C)CCCCC(=O)O. The lowest BCUT2D eigenvalue weighted by Gasteiger charge is -2.26. The van der Waals surface area contributed by atoms with Crippen molar-refractivity contribution in [2.45, 2.75) is 31.2 Å². The number of nitrogens with zero attached hydrogens (tertiary/aromatic N) is 2. The number of unbranched alkanes of at least 4 members (excludes halogenated alkanes) is 1. The largest absolute Gasteiger partial charge is 0.481 e. The van der Waals surface area contributed by atoms with Gasteiger partial charge in [-0.15, -0.1) is 0 Å². The minimum atomic E-state index is -0.851. The number of carbonyl (C=O) groups is 3. The Hall–Kier alpha value is -3.39. The standard InChI is InChI=1S/C26H33N3O5/c1-28(2)16-23(25(32)29(3)15-9-8-14-24(30)31)27-26(33)34-17-22-20-12-6-4-10-18(20)19-11-5-7-13-21(19)22/h4-7,10-13,22-23H,8-9,14-17H2,1-3H3,(H,27,33)(H,30,31)/t23-/m0/s1. The van der Waals surface area contributed by atoms with Crippen LogP contribution in [0.15, 0.2) is 48.5 Å². The number of hydrogen-bond donors (Lipinski definition) is 2. The second-order valence-corrected chi connectivity index (χ2v) is 8.90. The van der Waals surface area contributed by atoms with Gasteiger partial charge in [-0.1, -0.05) is 48.5 Å². The summed E-state index contributed by atoms with van der Waals surface area (Å²) >= 11 is 0. The van der Waals surface area contributed by atoms with Gasteiger partial charge in [-0.3, -0.25) is 9.59 Å². The van der Waals surface area contributed by atoms with Gasteiger partial charge in [0, 0.05) is 32.5 Å². The number of aliphatic carboxylic acids is 1. The fourth-order valence-electron chi connectivity index (χ4n) is 4.33. The van der Waals surface area contributed by atoms with E-state index in [0.717, 1.165) is 22.3 Å². The number of fused-ring (bicyclic) bond motifs is 3. The third-order valence-electron chi connectivity index (χ3n) is 5.99. The van der Waals surface area contributed by atoms with Crippen LogP contribution in [-0.2, 0) is 14.3 Å². The second-order valence-electron chi connectivity index (χ2n) is 8.90. The molecule has 3 rings (SSSR count). The van der Waals surface area contributed by atoms with Crippen LogP contribution in [0.5, 0.6) is 0 Å². The van der Waals surface area contributed by atoms with Crippen molar-refractivity contribution >= 4 is 18.0 Å². The van der Waals surface area contributed by atoms with Crippen molar-refractivity contribution in [1.29, 1.82) is 0 Å². The summed E-state index contributed by atoms with van der Waals surface area (Å²) in [6.45, 7) is 0.915. The summed E-state index contributed by atoms with van der Waals surface area (Å²) in [5.74, 6) is -1.15. The first-order chi connectivity index (χ1) is 16.3. The number of alkyl carbamates (subject to hydrolysis) is 1. The molecule has 0 heterocycles. The number of carboxylic acid groups (broad SMARTS) is 1. The third-order valence-corrected chi connectivity index (χ3v) is 5.99. The van der Waals surface area contributed by atoms with Crippen LogP contribution in [-0.4, -0.2) is 79.8 Å². The van der Waals surface area contributed by atoms with Crippen LogP contribution in [0.25, 0.3) is 11.1 Å². The molecule has 0 saturated heterocycles. The Bertz CT molecular complexity index is 978. The highest BCUT2D eigenvalue weighted by Crippen LogP contribution is 2.44. The van der Waals surface area contributed by atoms with Crippen LogP contribution in [0.4, 0.5) is 4.79 Å². The molecule has 1 atom stereocenters. The van der Waals surface area contributed by atoms with Gasteiger partial charge >= 0.3 is 12.1 Å². The molecule has 2 aromatic carbocycles. The number of ether oxygens (including phenoxy) is 1. The zero-order valence-electron chi connectivity index (χ0n) is 20.0. The van der Waals surface area contributed by atoms with Crippen molar-refractivity contribution < 1.29 is 24.2 Å². The van der Waals surface area contributed by atoms with Gasteiger partial charge in [0.25, 0.3) is 0 Å². The number of nitrogens with one attached hydrogen (secondary N) is 1. The maximum atomic E-state index is 12.9. The molecule has 2 N–H and O–H groups in total. The topological polar surface area (TPSA) is 99.2 Å². The molecule has 8 nitrogen and oxygen atoms in total. The number of rotatable bonds is 11. The highest BCUT2D eigenvalue weighted by Gasteiger charge is 2.30. The first kappa shape index (κ1) is 25.2. The number of benzene rings is 2. The van der Waals surface area contributed by atoms with E-state index in [-0.39, 0.29) is 24.9 Å². The highest BCUT2D eigenvalue weighted by molar-refractivity contribution is 5.86. The number of carboxylic acids is 1. The Kier molecular flexibility index (Phi) is 8.65. The van der Waals surface area contributed by atoms with Gasteiger partial charge in [0.05, 0.1) is 0 Å². The number of likely N-dealkylation sites (N-methyl/N-ethyl adjacent to an activating group) is 2. The van der Waals surface area contributed by atoms with Crippen molar-refractivity contribution in [3.8, 4) is 11.1 Å². The van der Waals surface area contributed by atoms with Crippen LogP contribution >= 0.6 is 0 Å². The molecular formula is C26H33N3O5. The number of carbonyl (C=O) groups excluding carboxylic acids is 2. The van der Waals surface area contributed by atoms with Crippen LogP contribution in [0.3, 0.4) is 0 Å². The normalized spacial score (nSPS) is 13.2. The van der Waals surface area contributed by atoms with Crippen LogP contribution in [0.1, 0.15) is 36.3 Å². The molecule has 1 aliphatic carbocycles. The summed E-state index contributed by atoms with van der Waals surface area (Å²) in [5.41, 5.74) is 4.55. The fourth-order valence-corrected chi connectivity index (χ4v) is 4.33. The molecule has 2 amide bonds. The van der Waals surface area contributed by atoms with Crippen molar-refractivity contribution in [2.75, 3.05) is 40.8 Å². The predicted octanol–water partition coefficient (Wildman–Crippen LogP) is 3.17. The second kappa shape index (κ2) is 11.7. The van der Waals surface area contributed by atoms with Gasteiger partial charge in [0.2, 0.25) is 5.91 Å². The van der Waals surface area contributed by atoms with Gasteiger partial charge in [-0.25, -0.2) is 4.79 Å². The molecule has 0 bridgehead atoms. The monoisotopic (exact) mass is 467 g/mol. The zero-order valence-corrected chi connectivity index (χ0v) is 20.0. The summed E-state index contributed by atoms with van der Waals surface area (Å²) < 4.78 is 5.60. The van der Waals surface area contributed by atoms with E-state index in [4.69, 9.17) is 9.84 Å². The molecule has 0 fully saturated rings. The number of hydrogen-bond acceptors (Lipinski definition) is 5. The van der Waals surface area contributed by atoms with Gasteiger partial charge in [-0.05, 0) is 49.2 Å². The zero-order chi connectivity index (χ0) is 24.7. The Morgan fingerprint density at radius 3 is 2.12 bits per heavy atom. The van der Waals surface area contributed by atoms with E-state index < -0.39 is 18.1 Å². The molecule has 0 unspecified atom stereocenters. The van der Waals surface area contributed by atoms with Gasteiger partial charge in [-0.2, -0.15) is 0 Å². The van der Waals surface area contributed by atoms with E-state index in [2.05, 4.69) is 29.6 Å². The summed E-state index contributed by atoms with van der Waals surface area (Å²) in [6.07, 6.45) is 0.502. The smallest absolute Gasteiger partial charge is 0.407 e. The Labute approximate surface area is 200 Å². The highest BCUT2D eigenvalue weighted by atomic mass is 16.5. The average Bonchev–Trinajstić information content (AvgIpc) is 3.13. The molecule has 0 saturated carbocycles. The molecule has 0 aliphatic heterocycles. The Morgan fingerprint density at radius 1 is 0.971 bits per heavy atom. The maximum Gasteiger partial charge on any atom is 0.407 e. The lowest BCUT2D eigenvalue weighted by atomic mass is 9.98. The quantitative estimate of drug-likeness (QED) is 0.493. The summed E-state index contributed by atoms with van der Waals surface area (Å²) in [5, 5.41) is 11.5. The van der Waals surface area contributed by atoms with Crippen molar-refractivity contribution in [1.82, 2.24) is 15.1 Å². The van der Waals surface area contributed by atoms with Crippen LogP contribution in [0.2, 0.25) is 0 Å². The number of amides is 2. The molecule has 0 spiro atoms. The Balaban J connectivity index is 1.60. The first-order valence-corrected chi connectivity index (χ1v) is 11.5. The molecule has 0 radical (unpaired) electrons. The van der Waals surface area contributed by atoms with Gasteiger partial charge in [0.1, 0.15) is 12.6 Å². The van der Waals surface area contributed by atoms with E-state index in [0.29, 0.717) is 25.9 Å². The fraction of sp³-hybridized carbons (Fsp3) is 0.423. The molecule has 8 heteroatoms. The van der Waals surface area contributed by atoms with Crippen molar-refractivity contribution in [3.05, 3.63) is 59.7 Å². The molecule has 0 aromatic heterocycles. The third kappa shape index (κ3) is 6.35. The van der Waals surface area contributed by atoms with E-state index in [1.54, 1.807) is 7.05 Å². The lowest BCUT2D eigenvalue weighted by Crippen LogP contribution is -2.52. The summed E-state index contributed by atoms with van der Waals surface area (Å²) in [7, 11) is 5.31. The van der Waals surface area contributed by atoms with Gasteiger partial charge in [0.15, 0.2) is 0 Å². The van der Waals surface area contributed by atoms with Crippen molar-refractivity contribution in [3.63, 3.8) is 0 Å². The molecule has 2 aromatic rings. The van der Waals surface area contributed by atoms with E-state index in [1.165, 1.54) is 4.90 Å². The van der Waals surface area contributed by atoms with E-state index in [1.807, 2.05) is 43.3 Å². The maximum absolute atomic E-state index is 12.9. The average molecular weight is 468 g/mol. The molecular weight excluding hydrogens is 434 g/mol. The Morgan fingerprint density at radius 2 is 1.56 bits per heavy atom. The van der Waals surface area contributed by atoms with E-state index >= 15 is 0 Å². The van der Waals surface area contributed by atoms with Crippen molar-refractivity contribution in [2.24, 2.45) is 0 Å². The molecule has 182 valence electrons.